The Kier molecular flexibility index (Phi) is 2.65. The van der Waals surface area contributed by atoms with Crippen LogP contribution in [-0.4, -0.2) is 17.6 Å². The van der Waals surface area contributed by atoms with Crippen LogP contribution >= 0.6 is 0 Å². The van der Waals surface area contributed by atoms with E-state index in [1.165, 1.54) is 0 Å². The summed E-state index contributed by atoms with van der Waals surface area (Å²) < 4.78 is 0. The van der Waals surface area contributed by atoms with E-state index in [4.69, 9.17) is 11.5 Å². The highest BCUT2D eigenvalue weighted by molar-refractivity contribution is 5.93. The molecular weight excluding hydrogens is 274 g/mol. The Labute approximate surface area is 128 Å². The molecule has 110 valence electrons. The molecule has 0 saturated heterocycles. The van der Waals surface area contributed by atoms with Gasteiger partial charge in [0, 0.05) is 5.92 Å². The predicted molar refractivity (Wildman–Crippen MR) is 87.9 cm³/mol. The highest BCUT2D eigenvalue weighted by atomic mass is 16.3. The summed E-state index contributed by atoms with van der Waals surface area (Å²) in [6.45, 7) is 0.369. The molecule has 4 rings (SSSR count). The maximum atomic E-state index is 11.6. The second kappa shape index (κ2) is 4.45. The Hall–Kier alpha value is -2.59. The molecule has 0 heterocycles. The molecular formula is C18H17N3O. The maximum absolute atomic E-state index is 11.6. The molecule has 2 unspecified atom stereocenters. The zero-order valence-corrected chi connectivity index (χ0v) is 12.0. The van der Waals surface area contributed by atoms with Crippen molar-refractivity contribution in [3.8, 4) is 0 Å². The first kappa shape index (κ1) is 13.1. The fraction of sp³-hybridized carbons (Fsp3) is 0.167. The minimum Gasteiger partial charge on any atom is -0.380 e. The molecule has 0 amide bonds. The average molecular weight is 291 g/mol. The number of nitrogens with two attached hydrogens (primary N) is 2. The summed E-state index contributed by atoms with van der Waals surface area (Å²) in [6.07, 6.45) is 2.14. The van der Waals surface area contributed by atoms with Crippen LogP contribution in [0.5, 0.6) is 0 Å². The van der Waals surface area contributed by atoms with E-state index in [1.54, 1.807) is 0 Å². The van der Waals surface area contributed by atoms with E-state index in [0.717, 1.165) is 27.8 Å². The zero-order chi connectivity index (χ0) is 15.3. The van der Waals surface area contributed by atoms with Gasteiger partial charge in [0.15, 0.2) is 5.96 Å². The molecule has 2 aliphatic carbocycles. The van der Waals surface area contributed by atoms with E-state index in [1.807, 2.05) is 48.5 Å². The van der Waals surface area contributed by atoms with Crippen LogP contribution in [0, 0.1) is 5.92 Å². The summed E-state index contributed by atoms with van der Waals surface area (Å²) >= 11 is 0. The van der Waals surface area contributed by atoms with Crippen LogP contribution in [-0.2, 0) is 5.60 Å². The predicted octanol–water partition coefficient (Wildman–Crippen LogP) is 1.68. The van der Waals surface area contributed by atoms with Gasteiger partial charge in [0.05, 0.1) is 6.54 Å². The van der Waals surface area contributed by atoms with Crippen molar-refractivity contribution in [2.75, 3.05) is 6.54 Å². The number of guanidine groups is 1. The fourth-order valence-corrected chi connectivity index (χ4v) is 3.74. The topological polar surface area (TPSA) is 84.6 Å². The third-order valence-corrected chi connectivity index (χ3v) is 4.67. The van der Waals surface area contributed by atoms with E-state index >= 15 is 0 Å². The highest BCUT2D eigenvalue weighted by Crippen LogP contribution is 2.56. The van der Waals surface area contributed by atoms with Crippen molar-refractivity contribution in [2.45, 2.75) is 5.60 Å². The van der Waals surface area contributed by atoms with Crippen LogP contribution < -0.4 is 11.5 Å². The molecule has 0 aromatic heterocycles. The van der Waals surface area contributed by atoms with Crippen LogP contribution in [0.1, 0.15) is 22.3 Å². The summed E-state index contributed by atoms with van der Waals surface area (Å²) in [6, 6.07) is 15.9. The minimum atomic E-state index is -1.07. The van der Waals surface area contributed by atoms with E-state index in [-0.39, 0.29) is 11.9 Å². The molecule has 22 heavy (non-hydrogen) atoms. The Balaban J connectivity index is 1.98. The number of hydrogen-bond acceptors (Lipinski definition) is 2. The molecule has 2 aromatic carbocycles. The van der Waals surface area contributed by atoms with Gasteiger partial charge in [-0.05, 0) is 27.8 Å². The standard InChI is InChI=1S/C18H17N3O/c19-17(20)21-10-16-13-9-11-5-1-3-7-14(11)18(16,22)15-8-4-2-6-12(13)15/h1-9,16,22H,10H2,(H4,19,20,21). The van der Waals surface area contributed by atoms with Crippen molar-refractivity contribution in [1.29, 1.82) is 0 Å². The molecule has 0 spiro atoms. The molecule has 0 saturated carbocycles. The lowest BCUT2D eigenvalue weighted by Gasteiger charge is -2.35. The van der Waals surface area contributed by atoms with Crippen LogP contribution in [0.15, 0.2) is 53.5 Å². The quantitative estimate of drug-likeness (QED) is 0.581. The molecule has 5 N–H and O–H groups in total. The third-order valence-electron chi connectivity index (χ3n) is 4.67. The molecule has 0 aliphatic heterocycles. The Morgan fingerprint density at radius 3 is 2.50 bits per heavy atom. The summed E-state index contributed by atoms with van der Waals surface area (Å²) in [4.78, 5) is 4.16. The molecule has 0 fully saturated rings. The molecule has 0 radical (unpaired) electrons. The zero-order valence-electron chi connectivity index (χ0n) is 12.0. The smallest absolute Gasteiger partial charge is 0.185 e. The van der Waals surface area contributed by atoms with Crippen molar-refractivity contribution in [2.24, 2.45) is 22.4 Å². The molecule has 2 bridgehead atoms. The van der Waals surface area contributed by atoms with Crippen LogP contribution in [0.3, 0.4) is 0 Å². The largest absolute Gasteiger partial charge is 0.380 e. The molecule has 4 heteroatoms. The van der Waals surface area contributed by atoms with E-state index in [9.17, 15) is 5.11 Å². The average Bonchev–Trinajstić information content (AvgIpc) is 2.69. The molecule has 2 atom stereocenters. The SMILES string of the molecule is NC(N)=NCC1C2=Cc3ccccc3C1(O)c1ccccc12. The van der Waals surface area contributed by atoms with Gasteiger partial charge in [-0.2, -0.15) is 0 Å². The molecule has 2 aromatic rings. The van der Waals surface area contributed by atoms with E-state index in [2.05, 4.69) is 11.1 Å². The summed E-state index contributed by atoms with van der Waals surface area (Å²) in [5.41, 5.74) is 15.0. The normalized spacial score (nSPS) is 24.2. The number of aliphatic imine (C=N–C) groups is 1. The molecule has 4 nitrogen and oxygen atoms in total. The lowest BCUT2D eigenvalue weighted by molar-refractivity contribution is 0.0501. The summed E-state index contributed by atoms with van der Waals surface area (Å²) in [5.74, 6) is -0.117. The van der Waals surface area contributed by atoms with Gasteiger partial charge in [-0.3, -0.25) is 4.99 Å². The van der Waals surface area contributed by atoms with Crippen molar-refractivity contribution in [3.63, 3.8) is 0 Å². The van der Waals surface area contributed by atoms with Gasteiger partial charge < -0.3 is 16.6 Å². The van der Waals surface area contributed by atoms with Gasteiger partial charge in [0.1, 0.15) is 5.60 Å². The fourth-order valence-electron chi connectivity index (χ4n) is 3.74. The minimum absolute atomic E-state index is 0.0477. The Morgan fingerprint density at radius 1 is 1.05 bits per heavy atom. The van der Waals surface area contributed by atoms with Gasteiger partial charge in [0.25, 0.3) is 0 Å². The number of fused-ring (bicyclic) bond motifs is 7. The van der Waals surface area contributed by atoms with Crippen molar-refractivity contribution < 1.29 is 5.11 Å². The van der Waals surface area contributed by atoms with Gasteiger partial charge in [-0.15, -0.1) is 0 Å². The number of hydrogen-bond donors (Lipinski definition) is 3. The molecule has 2 aliphatic rings. The van der Waals surface area contributed by atoms with E-state index < -0.39 is 5.60 Å². The summed E-state index contributed by atoms with van der Waals surface area (Å²) in [5, 5.41) is 11.6. The van der Waals surface area contributed by atoms with Gasteiger partial charge >= 0.3 is 0 Å². The van der Waals surface area contributed by atoms with Gasteiger partial charge in [0.2, 0.25) is 0 Å². The van der Waals surface area contributed by atoms with Crippen LogP contribution in [0.4, 0.5) is 0 Å². The van der Waals surface area contributed by atoms with Crippen molar-refractivity contribution in [3.05, 3.63) is 70.8 Å². The second-order valence-corrected chi connectivity index (χ2v) is 5.82. The van der Waals surface area contributed by atoms with Crippen molar-refractivity contribution in [1.82, 2.24) is 0 Å². The number of rotatable bonds is 2. The third kappa shape index (κ3) is 1.58. The van der Waals surface area contributed by atoms with Gasteiger partial charge in [-0.25, -0.2) is 0 Å². The first-order chi connectivity index (χ1) is 10.6. The van der Waals surface area contributed by atoms with Gasteiger partial charge in [-0.1, -0.05) is 54.6 Å². The maximum Gasteiger partial charge on any atom is 0.185 e. The Bertz CT molecular complexity index is 808. The lowest BCUT2D eigenvalue weighted by atomic mass is 9.74. The first-order valence-electron chi connectivity index (χ1n) is 7.31. The summed E-state index contributed by atoms with van der Waals surface area (Å²) in [7, 11) is 0. The van der Waals surface area contributed by atoms with Crippen molar-refractivity contribution >= 4 is 17.6 Å². The Morgan fingerprint density at radius 2 is 1.73 bits per heavy atom. The monoisotopic (exact) mass is 291 g/mol. The van der Waals surface area contributed by atoms with Crippen LogP contribution in [0.25, 0.3) is 11.6 Å². The number of aliphatic hydroxyl groups is 1. The first-order valence-corrected chi connectivity index (χ1v) is 7.31. The lowest BCUT2D eigenvalue weighted by Crippen LogP contribution is -2.37. The second-order valence-electron chi connectivity index (χ2n) is 5.82. The van der Waals surface area contributed by atoms with Crippen LogP contribution in [0.2, 0.25) is 0 Å². The number of benzene rings is 2. The van der Waals surface area contributed by atoms with E-state index in [0.29, 0.717) is 6.54 Å². The highest BCUT2D eigenvalue weighted by Gasteiger charge is 2.52. The number of nitrogens with zero attached hydrogens (tertiary/aromatic N) is 1.